The van der Waals surface area contributed by atoms with E-state index in [-0.39, 0.29) is 11.3 Å². The lowest BCUT2D eigenvalue weighted by atomic mass is 9.96. The Hall–Kier alpha value is -3.20. The molecule has 0 bridgehead atoms. The van der Waals surface area contributed by atoms with Crippen molar-refractivity contribution in [1.82, 2.24) is 19.2 Å². The van der Waals surface area contributed by atoms with Gasteiger partial charge in [-0.2, -0.15) is 0 Å². The third kappa shape index (κ3) is 4.45. The number of carbonyl (C=O) groups is 2. The molecule has 0 radical (unpaired) electrons. The van der Waals surface area contributed by atoms with Gasteiger partial charge >= 0.3 is 0 Å². The Morgan fingerprint density at radius 1 is 1.11 bits per heavy atom. The average molecular weight is 495 g/mol. The molecule has 5 rings (SSSR count). The van der Waals surface area contributed by atoms with Crippen molar-refractivity contribution in [2.75, 3.05) is 39.4 Å². The lowest BCUT2D eigenvalue weighted by molar-refractivity contribution is -0.140. The second kappa shape index (κ2) is 9.81. The lowest BCUT2D eigenvalue weighted by Gasteiger charge is -2.29. The molecule has 35 heavy (non-hydrogen) atoms. The Labute approximate surface area is 208 Å². The molecule has 1 aromatic carbocycles. The van der Waals surface area contributed by atoms with Crippen LogP contribution in [-0.4, -0.2) is 75.4 Å². The number of amides is 1. The number of carbonyl (C=O) groups excluding carboxylic acids is 2. The smallest absolute Gasteiger partial charge is 0.295 e. The Balaban J connectivity index is 1.54. The monoisotopic (exact) mass is 494 g/mol. The van der Waals surface area contributed by atoms with Crippen LogP contribution in [0.4, 0.5) is 0 Å². The molecule has 1 unspecified atom stereocenters. The Morgan fingerprint density at radius 2 is 1.86 bits per heavy atom. The van der Waals surface area contributed by atoms with Gasteiger partial charge in [0.05, 0.1) is 30.5 Å². The quantitative estimate of drug-likeness (QED) is 0.321. The molecule has 2 saturated heterocycles. The molecular weight excluding hydrogens is 468 g/mol. The summed E-state index contributed by atoms with van der Waals surface area (Å²) < 4.78 is 7.14. The van der Waals surface area contributed by atoms with Crippen molar-refractivity contribution in [3.8, 4) is 0 Å². The summed E-state index contributed by atoms with van der Waals surface area (Å²) in [5.41, 5.74) is 2.41. The first-order valence-electron chi connectivity index (χ1n) is 11.7. The number of aliphatic hydroxyl groups is 1. The second-order valence-corrected chi connectivity index (χ2v) is 9.26. The normalized spacial score (nSPS) is 20.7. The van der Waals surface area contributed by atoms with Crippen LogP contribution in [0, 0.1) is 6.92 Å². The largest absolute Gasteiger partial charge is 0.505 e. The van der Waals surface area contributed by atoms with E-state index in [9.17, 15) is 14.7 Å². The summed E-state index contributed by atoms with van der Waals surface area (Å²) in [7, 11) is 0. The van der Waals surface area contributed by atoms with Crippen LogP contribution in [0.1, 0.15) is 29.4 Å². The van der Waals surface area contributed by atoms with E-state index >= 15 is 0 Å². The molecule has 2 aromatic heterocycles. The molecule has 1 atom stereocenters. The van der Waals surface area contributed by atoms with Gasteiger partial charge in [-0.05, 0) is 43.2 Å². The molecule has 0 spiro atoms. The molecule has 0 saturated carbocycles. The second-order valence-electron chi connectivity index (χ2n) is 8.83. The number of aromatic nitrogens is 2. The van der Waals surface area contributed by atoms with E-state index in [1.807, 2.05) is 18.2 Å². The highest BCUT2D eigenvalue weighted by Gasteiger charge is 2.46. The molecule has 0 aliphatic carbocycles. The first-order chi connectivity index (χ1) is 17.0. The van der Waals surface area contributed by atoms with Crippen LogP contribution in [0.25, 0.3) is 11.4 Å². The third-order valence-electron chi connectivity index (χ3n) is 6.63. The topological polar surface area (TPSA) is 87.4 Å². The number of aryl methyl sites for hydroxylation is 1. The number of ketones is 1. The molecule has 4 heterocycles. The molecule has 9 heteroatoms. The molecule has 3 aromatic rings. The Bertz CT molecular complexity index is 1290. The van der Waals surface area contributed by atoms with Crippen LogP contribution in [-0.2, 0) is 14.3 Å². The molecule has 2 fully saturated rings. The predicted octanol–water partition coefficient (Wildman–Crippen LogP) is 3.44. The van der Waals surface area contributed by atoms with Gasteiger partial charge in [0.15, 0.2) is 5.76 Å². The van der Waals surface area contributed by atoms with Gasteiger partial charge in [-0.3, -0.25) is 18.9 Å². The van der Waals surface area contributed by atoms with E-state index in [4.69, 9.17) is 16.3 Å². The van der Waals surface area contributed by atoms with Gasteiger partial charge in [-0.25, -0.2) is 4.98 Å². The van der Waals surface area contributed by atoms with Crippen molar-refractivity contribution in [2.45, 2.75) is 19.4 Å². The van der Waals surface area contributed by atoms with Gasteiger partial charge < -0.3 is 14.7 Å². The minimum Gasteiger partial charge on any atom is -0.505 e. The summed E-state index contributed by atoms with van der Waals surface area (Å²) in [6.07, 6.45) is 2.48. The first-order valence-corrected chi connectivity index (χ1v) is 12.1. The van der Waals surface area contributed by atoms with Crippen molar-refractivity contribution in [2.24, 2.45) is 0 Å². The zero-order chi connectivity index (χ0) is 24.5. The van der Waals surface area contributed by atoms with E-state index in [2.05, 4.69) is 9.88 Å². The molecule has 8 nitrogen and oxygen atoms in total. The van der Waals surface area contributed by atoms with Crippen LogP contribution in [0.3, 0.4) is 0 Å². The van der Waals surface area contributed by atoms with E-state index < -0.39 is 17.7 Å². The lowest BCUT2D eigenvalue weighted by Crippen LogP contribution is -2.38. The molecular formula is C26H27ClN4O4. The van der Waals surface area contributed by atoms with Crippen molar-refractivity contribution in [3.05, 3.63) is 76.2 Å². The standard InChI is InChI=1S/C26H27ClN4O4/c1-17-22(30-11-3-2-5-20(30)28-17)24(32)21-23(18-6-8-19(27)9-7-18)31(26(34)25(21)33)12-4-10-29-13-15-35-16-14-29/h2-3,5-9,11,23,32H,4,10,12-16H2,1H3. The fourth-order valence-electron chi connectivity index (χ4n) is 4.92. The summed E-state index contributed by atoms with van der Waals surface area (Å²) in [5.74, 6) is -1.53. The van der Waals surface area contributed by atoms with Crippen LogP contribution >= 0.6 is 11.6 Å². The number of Topliss-reactive ketones (excluding diaryl/α,β-unsaturated/α-hetero) is 1. The number of nitrogens with zero attached hydrogens (tertiary/aromatic N) is 4. The minimum atomic E-state index is -0.717. The van der Waals surface area contributed by atoms with Crippen molar-refractivity contribution >= 4 is 34.7 Å². The molecule has 2 aliphatic heterocycles. The van der Waals surface area contributed by atoms with Crippen molar-refractivity contribution in [1.29, 1.82) is 0 Å². The molecule has 1 N–H and O–H groups in total. The highest BCUT2D eigenvalue weighted by Crippen LogP contribution is 2.40. The number of likely N-dealkylation sites (tertiary alicyclic amines) is 1. The number of imidazole rings is 1. The Kier molecular flexibility index (Phi) is 6.60. The number of pyridine rings is 1. The fourth-order valence-corrected chi connectivity index (χ4v) is 5.04. The number of hydrogen-bond acceptors (Lipinski definition) is 6. The predicted molar refractivity (Wildman–Crippen MR) is 132 cm³/mol. The highest BCUT2D eigenvalue weighted by molar-refractivity contribution is 6.46. The van der Waals surface area contributed by atoms with E-state index in [1.165, 1.54) is 0 Å². The zero-order valence-electron chi connectivity index (χ0n) is 19.5. The van der Waals surface area contributed by atoms with Crippen molar-refractivity contribution in [3.63, 3.8) is 0 Å². The summed E-state index contributed by atoms with van der Waals surface area (Å²) >= 11 is 6.11. The summed E-state index contributed by atoms with van der Waals surface area (Å²) in [4.78, 5) is 34.9. The van der Waals surface area contributed by atoms with Crippen LogP contribution < -0.4 is 0 Å². The maximum absolute atomic E-state index is 13.3. The van der Waals surface area contributed by atoms with Gasteiger partial charge in [0.1, 0.15) is 11.3 Å². The number of fused-ring (bicyclic) bond motifs is 1. The zero-order valence-corrected chi connectivity index (χ0v) is 20.2. The maximum Gasteiger partial charge on any atom is 0.295 e. The number of aliphatic hydroxyl groups excluding tert-OH is 1. The van der Waals surface area contributed by atoms with Crippen LogP contribution in [0.5, 0.6) is 0 Å². The van der Waals surface area contributed by atoms with Gasteiger partial charge in [0, 0.05) is 37.4 Å². The number of benzene rings is 1. The molecule has 1 amide bonds. The van der Waals surface area contributed by atoms with Gasteiger partial charge in [-0.15, -0.1) is 0 Å². The van der Waals surface area contributed by atoms with E-state index in [0.29, 0.717) is 53.8 Å². The van der Waals surface area contributed by atoms with Crippen LogP contribution in [0.15, 0.2) is 54.2 Å². The third-order valence-corrected chi connectivity index (χ3v) is 6.88. The maximum atomic E-state index is 13.3. The number of ether oxygens (including phenoxy) is 1. The average Bonchev–Trinajstić information content (AvgIpc) is 3.33. The van der Waals surface area contributed by atoms with Gasteiger partial charge in [-0.1, -0.05) is 29.8 Å². The van der Waals surface area contributed by atoms with Gasteiger partial charge in [0.2, 0.25) is 0 Å². The number of hydrogen-bond donors (Lipinski definition) is 1. The number of halogens is 1. The van der Waals surface area contributed by atoms with E-state index in [0.717, 1.165) is 19.6 Å². The number of rotatable bonds is 6. The van der Waals surface area contributed by atoms with Crippen molar-refractivity contribution < 1.29 is 19.4 Å². The molecule has 182 valence electrons. The summed E-state index contributed by atoms with van der Waals surface area (Å²) in [6, 6.07) is 11.8. The Morgan fingerprint density at radius 3 is 2.60 bits per heavy atom. The summed E-state index contributed by atoms with van der Waals surface area (Å²) in [6.45, 7) is 6.07. The molecule has 2 aliphatic rings. The first kappa shape index (κ1) is 23.5. The van der Waals surface area contributed by atoms with Gasteiger partial charge in [0.25, 0.3) is 11.7 Å². The number of morpholine rings is 1. The van der Waals surface area contributed by atoms with E-state index in [1.54, 1.807) is 46.7 Å². The summed E-state index contributed by atoms with van der Waals surface area (Å²) in [5, 5.41) is 12.0. The highest BCUT2D eigenvalue weighted by atomic mass is 35.5. The van der Waals surface area contributed by atoms with Crippen LogP contribution in [0.2, 0.25) is 5.02 Å². The SMILES string of the molecule is Cc1nc2ccccn2c1C(O)=C1C(=O)C(=O)N(CCCN2CCOCC2)C1c1ccc(Cl)cc1. The minimum absolute atomic E-state index is 0.0671. The fraction of sp³-hybridized carbons (Fsp3) is 0.346.